The zero-order valence-corrected chi connectivity index (χ0v) is 10.6. The minimum atomic E-state index is -3.00. The van der Waals surface area contributed by atoms with Crippen LogP contribution in [0.2, 0.25) is 0 Å². The van der Waals surface area contributed by atoms with Gasteiger partial charge in [-0.1, -0.05) is 12.1 Å². The first-order valence-electron chi connectivity index (χ1n) is 6.04. The van der Waals surface area contributed by atoms with Crippen molar-refractivity contribution in [2.75, 3.05) is 6.54 Å². The number of hydrogen-bond donors (Lipinski definition) is 2. The van der Waals surface area contributed by atoms with Gasteiger partial charge in [0, 0.05) is 13.0 Å². The number of carbonyl (C=O) groups is 2. The minimum Gasteiger partial charge on any atom is -0.481 e. The Morgan fingerprint density at radius 3 is 2.60 bits per heavy atom. The Kier molecular flexibility index (Phi) is 6.42. The Hall–Kier alpha value is -2.18. The first-order chi connectivity index (χ1) is 9.50. The number of unbranched alkanes of at least 4 members (excludes halogenated alkanes) is 1. The fourth-order valence-corrected chi connectivity index (χ4v) is 1.55. The van der Waals surface area contributed by atoms with E-state index in [1.54, 1.807) is 0 Å². The monoisotopic (exact) mass is 287 g/mol. The van der Waals surface area contributed by atoms with Gasteiger partial charge in [-0.25, -0.2) is 0 Å². The van der Waals surface area contributed by atoms with Crippen LogP contribution in [0, 0.1) is 0 Å². The van der Waals surface area contributed by atoms with Crippen LogP contribution in [0.4, 0.5) is 8.78 Å². The second kappa shape index (κ2) is 8.08. The summed E-state index contributed by atoms with van der Waals surface area (Å²) in [5.74, 6) is -1.62. The van der Waals surface area contributed by atoms with Crippen molar-refractivity contribution in [3.8, 4) is 5.75 Å². The maximum absolute atomic E-state index is 12.2. The molecule has 110 valence electrons. The number of hydrogen-bond acceptors (Lipinski definition) is 3. The Morgan fingerprint density at radius 2 is 1.95 bits per heavy atom. The molecule has 0 bridgehead atoms. The Morgan fingerprint density at radius 1 is 1.25 bits per heavy atom. The predicted molar refractivity (Wildman–Crippen MR) is 66.9 cm³/mol. The zero-order valence-electron chi connectivity index (χ0n) is 10.6. The van der Waals surface area contributed by atoms with Crippen molar-refractivity contribution in [1.29, 1.82) is 0 Å². The largest absolute Gasteiger partial charge is 0.481 e. The topological polar surface area (TPSA) is 75.6 Å². The number of halogens is 2. The molecule has 1 aromatic carbocycles. The Labute approximate surface area is 114 Å². The van der Waals surface area contributed by atoms with Gasteiger partial charge >= 0.3 is 12.6 Å². The van der Waals surface area contributed by atoms with Crippen molar-refractivity contribution in [2.24, 2.45) is 0 Å². The van der Waals surface area contributed by atoms with E-state index in [2.05, 4.69) is 10.1 Å². The molecule has 2 N–H and O–H groups in total. The van der Waals surface area contributed by atoms with E-state index in [4.69, 9.17) is 5.11 Å². The van der Waals surface area contributed by atoms with Crippen LogP contribution in [-0.2, 0) is 4.79 Å². The number of carbonyl (C=O) groups excluding carboxylic acids is 1. The third-order valence-corrected chi connectivity index (χ3v) is 2.45. The summed E-state index contributed by atoms with van der Waals surface area (Å²) in [6, 6.07) is 5.69. The lowest BCUT2D eigenvalue weighted by Gasteiger charge is -2.10. The number of benzene rings is 1. The number of carboxylic acids is 1. The highest BCUT2D eigenvalue weighted by molar-refractivity contribution is 5.96. The fourth-order valence-electron chi connectivity index (χ4n) is 1.55. The number of carboxylic acid groups (broad SMARTS) is 1. The van der Waals surface area contributed by atoms with Crippen molar-refractivity contribution < 1.29 is 28.2 Å². The number of alkyl halides is 2. The zero-order chi connectivity index (χ0) is 15.0. The third kappa shape index (κ3) is 5.64. The van der Waals surface area contributed by atoms with Crippen LogP contribution in [0.1, 0.15) is 29.6 Å². The molecule has 0 saturated carbocycles. The summed E-state index contributed by atoms with van der Waals surface area (Å²) >= 11 is 0. The average Bonchev–Trinajstić information content (AvgIpc) is 2.37. The van der Waals surface area contributed by atoms with Gasteiger partial charge in [-0.05, 0) is 25.0 Å². The van der Waals surface area contributed by atoms with Crippen LogP contribution >= 0.6 is 0 Å². The van der Waals surface area contributed by atoms with Gasteiger partial charge in [-0.3, -0.25) is 9.59 Å². The van der Waals surface area contributed by atoms with Crippen LogP contribution in [0.3, 0.4) is 0 Å². The molecule has 0 atom stereocenters. The highest BCUT2D eigenvalue weighted by Gasteiger charge is 2.14. The first kappa shape index (κ1) is 15.9. The molecule has 5 nitrogen and oxygen atoms in total. The van der Waals surface area contributed by atoms with E-state index >= 15 is 0 Å². The summed E-state index contributed by atoms with van der Waals surface area (Å²) in [5, 5.41) is 11.0. The van der Waals surface area contributed by atoms with Crippen LogP contribution in [0.5, 0.6) is 5.75 Å². The highest BCUT2D eigenvalue weighted by Crippen LogP contribution is 2.19. The van der Waals surface area contributed by atoms with E-state index in [1.807, 2.05) is 0 Å². The Balaban J connectivity index is 2.48. The SMILES string of the molecule is O=C(O)CCCCNC(=O)c1ccccc1OC(F)F. The molecule has 0 unspecified atom stereocenters. The molecule has 0 aliphatic carbocycles. The quantitative estimate of drug-likeness (QED) is 0.719. The summed E-state index contributed by atoms with van der Waals surface area (Å²) in [6.07, 6.45) is 0.960. The summed E-state index contributed by atoms with van der Waals surface area (Å²) in [5.41, 5.74) is 0.0195. The molecule has 0 aliphatic rings. The molecular weight excluding hydrogens is 272 g/mol. The van der Waals surface area contributed by atoms with Crippen LogP contribution in [0.25, 0.3) is 0 Å². The first-order valence-corrected chi connectivity index (χ1v) is 6.04. The molecule has 1 amide bonds. The maximum Gasteiger partial charge on any atom is 0.387 e. The molecule has 0 heterocycles. The van der Waals surface area contributed by atoms with Gasteiger partial charge < -0.3 is 15.2 Å². The predicted octanol–water partition coefficient (Wildman–Crippen LogP) is 2.27. The molecule has 0 saturated heterocycles. The molecule has 0 fully saturated rings. The van der Waals surface area contributed by atoms with E-state index in [0.29, 0.717) is 12.8 Å². The number of aliphatic carboxylic acids is 1. The molecule has 1 aromatic rings. The number of ether oxygens (including phenoxy) is 1. The van der Waals surface area contributed by atoms with Gasteiger partial charge in [0.15, 0.2) is 0 Å². The van der Waals surface area contributed by atoms with Gasteiger partial charge in [0.25, 0.3) is 5.91 Å². The smallest absolute Gasteiger partial charge is 0.387 e. The number of nitrogens with one attached hydrogen (secondary N) is 1. The van der Waals surface area contributed by atoms with E-state index < -0.39 is 18.5 Å². The van der Waals surface area contributed by atoms with E-state index in [1.165, 1.54) is 24.3 Å². The van der Waals surface area contributed by atoms with Gasteiger partial charge in [0.1, 0.15) is 5.75 Å². The second-order valence-electron chi connectivity index (χ2n) is 3.98. The second-order valence-corrected chi connectivity index (χ2v) is 3.98. The molecule has 0 aliphatic heterocycles. The van der Waals surface area contributed by atoms with E-state index in [0.717, 1.165) is 0 Å². The van der Waals surface area contributed by atoms with Gasteiger partial charge in [0.05, 0.1) is 5.56 Å². The standard InChI is InChI=1S/C13H15F2NO4/c14-13(15)20-10-6-2-1-5-9(10)12(19)16-8-4-3-7-11(17)18/h1-2,5-6,13H,3-4,7-8H2,(H,16,19)(H,17,18). The van der Waals surface area contributed by atoms with Crippen molar-refractivity contribution >= 4 is 11.9 Å². The lowest BCUT2D eigenvalue weighted by Crippen LogP contribution is -2.25. The Bertz CT molecular complexity index is 465. The molecule has 0 radical (unpaired) electrons. The number of rotatable bonds is 8. The molecule has 0 aromatic heterocycles. The van der Waals surface area contributed by atoms with Crippen molar-refractivity contribution in [2.45, 2.75) is 25.9 Å². The van der Waals surface area contributed by atoms with Crippen molar-refractivity contribution in [3.05, 3.63) is 29.8 Å². The van der Waals surface area contributed by atoms with Gasteiger partial charge in [-0.15, -0.1) is 0 Å². The third-order valence-electron chi connectivity index (χ3n) is 2.45. The van der Waals surface area contributed by atoms with Crippen LogP contribution in [0.15, 0.2) is 24.3 Å². The fraction of sp³-hybridized carbons (Fsp3) is 0.385. The summed E-state index contributed by atoms with van der Waals surface area (Å²) in [4.78, 5) is 22.1. The van der Waals surface area contributed by atoms with E-state index in [-0.39, 0.29) is 24.3 Å². The lowest BCUT2D eigenvalue weighted by molar-refractivity contribution is -0.137. The molecule has 20 heavy (non-hydrogen) atoms. The lowest BCUT2D eigenvalue weighted by atomic mass is 10.2. The molecule has 0 spiro atoms. The molecule has 1 rings (SSSR count). The van der Waals surface area contributed by atoms with Crippen molar-refractivity contribution in [3.63, 3.8) is 0 Å². The molecule has 7 heteroatoms. The summed E-state index contributed by atoms with van der Waals surface area (Å²) in [7, 11) is 0. The van der Waals surface area contributed by atoms with Crippen molar-refractivity contribution in [1.82, 2.24) is 5.32 Å². The maximum atomic E-state index is 12.2. The van der Waals surface area contributed by atoms with Gasteiger partial charge in [0.2, 0.25) is 0 Å². The number of amides is 1. The van der Waals surface area contributed by atoms with Gasteiger partial charge in [-0.2, -0.15) is 8.78 Å². The summed E-state index contributed by atoms with van der Waals surface area (Å²) < 4.78 is 28.6. The van der Waals surface area contributed by atoms with Crippen LogP contribution in [-0.4, -0.2) is 30.1 Å². The number of para-hydroxylation sites is 1. The summed E-state index contributed by atoms with van der Waals surface area (Å²) in [6.45, 7) is -2.73. The normalized spacial score (nSPS) is 10.3. The minimum absolute atomic E-state index is 0.0195. The van der Waals surface area contributed by atoms with Crippen LogP contribution < -0.4 is 10.1 Å². The van der Waals surface area contributed by atoms with E-state index in [9.17, 15) is 18.4 Å². The highest BCUT2D eigenvalue weighted by atomic mass is 19.3. The molecular formula is C13H15F2NO4. The average molecular weight is 287 g/mol.